The summed E-state index contributed by atoms with van der Waals surface area (Å²) in [5.41, 5.74) is 2.10. The number of hydrogen-bond acceptors (Lipinski definition) is 5. The van der Waals surface area contributed by atoms with Crippen LogP contribution in [-0.2, 0) is 19.0 Å². The van der Waals surface area contributed by atoms with E-state index in [1.807, 2.05) is 0 Å². The van der Waals surface area contributed by atoms with E-state index in [0.29, 0.717) is 16.5 Å². The highest BCUT2D eigenvalue weighted by atomic mass is 32.2. The summed E-state index contributed by atoms with van der Waals surface area (Å²) in [6.45, 7) is 2.13. The Morgan fingerprint density at radius 2 is 1.93 bits per heavy atom. The van der Waals surface area contributed by atoms with Gasteiger partial charge in [0.15, 0.2) is 0 Å². The predicted molar refractivity (Wildman–Crippen MR) is 103 cm³/mol. The molecule has 0 amide bonds. The Morgan fingerprint density at radius 1 is 1.14 bits per heavy atom. The normalized spacial score (nSPS) is 20.4. The van der Waals surface area contributed by atoms with Gasteiger partial charge >= 0.3 is 6.18 Å². The molecule has 8 heteroatoms. The van der Waals surface area contributed by atoms with E-state index >= 15 is 0 Å². The number of alkyl halides is 3. The van der Waals surface area contributed by atoms with E-state index < -0.39 is 17.5 Å². The Hall–Kier alpha value is -1.80. The number of phenols is 1. The van der Waals surface area contributed by atoms with Crippen LogP contribution in [0.15, 0.2) is 23.2 Å². The summed E-state index contributed by atoms with van der Waals surface area (Å²) in [6, 6.07) is 3.04. The number of benzene rings is 1. The van der Waals surface area contributed by atoms with Crippen molar-refractivity contribution in [2.24, 2.45) is 0 Å². The van der Waals surface area contributed by atoms with Gasteiger partial charge in [0.05, 0.1) is 5.56 Å². The van der Waals surface area contributed by atoms with Crippen LogP contribution < -0.4 is 0 Å². The molecule has 1 aliphatic heterocycles. The van der Waals surface area contributed by atoms with Crippen molar-refractivity contribution in [1.29, 1.82) is 0 Å². The van der Waals surface area contributed by atoms with Crippen LogP contribution in [0.2, 0.25) is 0 Å². The van der Waals surface area contributed by atoms with Gasteiger partial charge in [-0.05, 0) is 75.0 Å². The summed E-state index contributed by atoms with van der Waals surface area (Å²) >= 11 is 1.76. The largest absolute Gasteiger partial charge is 0.507 e. The van der Waals surface area contributed by atoms with Crippen LogP contribution in [0, 0.1) is 0 Å². The molecule has 0 unspecified atom stereocenters. The van der Waals surface area contributed by atoms with Crippen LogP contribution >= 0.6 is 11.8 Å². The second-order valence-corrected chi connectivity index (χ2v) is 8.83. The molecule has 28 heavy (non-hydrogen) atoms. The number of nitrogens with zero attached hydrogens (tertiary/aromatic N) is 3. The van der Waals surface area contributed by atoms with Gasteiger partial charge in [0.1, 0.15) is 16.5 Å². The first kappa shape index (κ1) is 19.5. The molecule has 0 bridgehead atoms. The molecule has 2 heterocycles. The number of rotatable bonds is 3. The molecule has 4 nitrogen and oxygen atoms in total. The van der Waals surface area contributed by atoms with Crippen molar-refractivity contribution < 1.29 is 18.3 Å². The highest BCUT2D eigenvalue weighted by molar-refractivity contribution is 7.99. The molecule has 1 aromatic carbocycles. The lowest BCUT2D eigenvalue weighted by molar-refractivity contribution is -0.137. The maximum atomic E-state index is 12.9. The van der Waals surface area contributed by atoms with E-state index in [4.69, 9.17) is 0 Å². The average Bonchev–Trinajstić information content (AvgIpc) is 3.12. The summed E-state index contributed by atoms with van der Waals surface area (Å²) < 4.78 is 38.6. The summed E-state index contributed by atoms with van der Waals surface area (Å²) in [5, 5.41) is 20.4. The molecule has 2 aromatic rings. The van der Waals surface area contributed by atoms with Crippen molar-refractivity contribution in [3.8, 4) is 17.0 Å². The van der Waals surface area contributed by atoms with Gasteiger partial charge in [-0.25, -0.2) is 0 Å². The third-order valence-corrected chi connectivity index (χ3v) is 6.71. The van der Waals surface area contributed by atoms with Crippen molar-refractivity contribution in [2.75, 3.05) is 20.1 Å². The van der Waals surface area contributed by atoms with Crippen LogP contribution in [0.4, 0.5) is 13.2 Å². The van der Waals surface area contributed by atoms with E-state index in [9.17, 15) is 18.3 Å². The van der Waals surface area contributed by atoms with Gasteiger partial charge in [0.2, 0.25) is 0 Å². The Labute approximate surface area is 166 Å². The number of phenolic OH excluding ortho intramolecular Hbond substituents is 1. The molecule has 1 fully saturated rings. The van der Waals surface area contributed by atoms with Crippen molar-refractivity contribution >= 4 is 11.8 Å². The molecular weight excluding hydrogens is 387 g/mol. The fourth-order valence-corrected chi connectivity index (χ4v) is 5.43. The zero-order valence-electron chi connectivity index (χ0n) is 15.6. The summed E-state index contributed by atoms with van der Waals surface area (Å²) in [5.74, 6) is -0.410. The van der Waals surface area contributed by atoms with Gasteiger partial charge in [0, 0.05) is 17.4 Å². The quantitative estimate of drug-likeness (QED) is 0.806. The van der Waals surface area contributed by atoms with E-state index in [1.165, 1.54) is 12.5 Å². The maximum absolute atomic E-state index is 12.9. The Kier molecular flexibility index (Phi) is 5.26. The molecule has 1 saturated heterocycles. The Morgan fingerprint density at radius 3 is 2.64 bits per heavy atom. The molecule has 1 atom stereocenters. The molecule has 150 valence electrons. The van der Waals surface area contributed by atoms with Crippen LogP contribution in [0.3, 0.4) is 0 Å². The maximum Gasteiger partial charge on any atom is 0.416 e. The number of aromatic nitrogens is 2. The van der Waals surface area contributed by atoms with Crippen LogP contribution in [-0.4, -0.2) is 45.6 Å². The number of piperidine rings is 1. The zero-order valence-corrected chi connectivity index (χ0v) is 16.4. The van der Waals surface area contributed by atoms with E-state index in [1.54, 1.807) is 11.8 Å². The number of halogens is 3. The molecule has 0 saturated carbocycles. The van der Waals surface area contributed by atoms with Gasteiger partial charge in [0.25, 0.3) is 0 Å². The molecule has 1 aliphatic carbocycles. The second-order valence-electron chi connectivity index (χ2n) is 7.54. The van der Waals surface area contributed by atoms with Gasteiger partial charge in [-0.1, -0.05) is 11.8 Å². The first-order chi connectivity index (χ1) is 13.3. The minimum Gasteiger partial charge on any atom is -0.507 e. The summed E-state index contributed by atoms with van der Waals surface area (Å²) in [4.78, 5) is 2.32. The van der Waals surface area contributed by atoms with Gasteiger partial charge in [-0.3, -0.25) is 0 Å². The molecule has 1 aromatic heterocycles. The molecule has 0 radical (unpaired) electrons. The van der Waals surface area contributed by atoms with Crippen molar-refractivity contribution in [3.05, 3.63) is 34.9 Å². The molecule has 4 rings (SSSR count). The number of thioether (sulfide) groups is 1. The minimum atomic E-state index is -4.49. The average molecular weight is 409 g/mol. The summed E-state index contributed by atoms with van der Waals surface area (Å²) in [6.07, 6.45) is 0.490. The monoisotopic (exact) mass is 409 g/mol. The van der Waals surface area contributed by atoms with Crippen LogP contribution in [0.5, 0.6) is 5.75 Å². The summed E-state index contributed by atoms with van der Waals surface area (Å²) in [7, 11) is 2.12. The molecule has 2 aliphatic rings. The predicted octanol–water partition coefficient (Wildman–Crippen LogP) is 4.54. The standard InChI is InChI=1S/C20H22F3N3OS/c1-26-9-3-4-13(11-26)28-19-15-6-2-5-14(15)18(24-25-19)16-8-7-12(10-17(16)27)20(21,22)23/h7-8,10,13,27H,2-6,9,11H2,1H3/t13-/m1/s1. The van der Waals surface area contributed by atoms with Gasteiger partial charge < -0.3 is 10.0 Å². The van der Waals surface area contributed by atoms with Crippen LogP contribution in [0.1, 0.15) is 36.0 Å². The van der Waals surface area contributed by atoms with Crippen molar-refractivity contribution in [2.45, 2.75) is 48.6 Å². The fourth-order valence-electron chi connectivity index (χ4n) is 4.05. The Balaban J connectivity index is 1.66. The SMILES string of the molecule is CN1CCC[C@@H](Sc2nnc(-c3ccc(C(F)(F)F)cc3O)c3c2CCC3)C1. The molecular formula is C20H22F3N3OS. The molecule has 1 N–H and O–H groups in total. The third kappa shape index (κ3) is 3.85. The highest BCUT2D eigenvalue weighted by Crippen LogP contribution is 2.41. The zero-order chi connectivity index (χ0) is 19.9. The Bertz CT molecular complexity index is 888. The number of likely N-dealkylation sites (tertiary alicyclic amines) is 1. The van der Waals surface area contributed by atoms with Crippen LogP contribution in [0.25, 0.3) is 11.3 Å². The fraction of sp³-hybridized carbons (Fsp3) is 0.500. The molecule has 0 spiro atoms. The van der Waals surface area contributed by atoms with Gasteiger partial charge in [-0.2, -0.15) is 13.2 Å². The van der Waals surface area contributed by atoms with Gasteiger partial charge in [-0.15, -0.1) is 10.2 Å². The van der Waals surface area contributed by atoms with E-state index in [-0.39, 0.29) is 0 Å². The number of fused-ring (bicyclic) bond motifs is 1. The first-order valence-electron chi connectivity index (χ1n) is 9.47. The topological polar surface area (TPSA) is 49.2 Å². The minimum absolute atomic E-state index is 0.313. The van der Waals surface area contributed by atoms with E-state index in [2.05, 4.69) is 22.1 Å². The lowest BCUT2D eigenvalue weighted by atomic mass is 10.0. The lowest BCUT2D eigenvalue weighted by Gasteiger charge is -2.29. The van der Waals surface area contributed by atoms with Crippen molar-refractivity contribution in [3.63, 3.8) is 0 Å². The number of hydrogen-bond donors (Lipinski definition) is 1. The highest BCUT2D eigenvalue weighted by Gasteiger charge is 2.32. The number of aromatic hydroxyl groups is 1. The van der Waals surface area contributed by atoms with Crippen molar-refractivity contribution in [1.82, 2.24) is 15.1 Å². The first-order valence-corrected chi connectivity index (χ1v) is 10.3. The van der Waals surface area contributed by atoms with E-state index in [0.717, 1.165) is 67.1 Å². The third-order valence-electron chi connectivity index (χ3n) is 5.44. The second kappa shape index (κ2) is 7.55. The smallest absolute Gasteiger partial charge is 0.416 e. The lowest BCUT2D eigenvalue weighted by Crippen LogP contribution is -2.33.